The fourth-order valence-corrected chi connectivity index (χ4v) is 4.95. The Morgan fingerprint density at radius 3 is 2.42 bits per heavy atom. The molecular weight excluding hydrogens is 377 g/mol. The van der Waals surface area contributed by atoms with E-state index in [0.717, 1.165) is 14.9 Å². The van der Waals surface area contributed by atoms with E-state index in [2.05, 4.69) is 0 Å². The van der Waals surface area contributed by atoms with Crippen LogP contribution in [0.4, 0.5) is 4.39 Å². The molecule has 0 saturated heterocycles. The number of fused-ring (bicyclic) bond motifs is 1. The Balaban J connectivity index is 2.29. The van der Waals surface area contributed by atoms with Crippen molar-refractivity contribution in [2.75, 3.05) is 6.26 Å². The summed E-state index contributed by atoms with van der Waals surface area (Å²) in [5, 5.41) is 9.44. The molecule has 2 aromatic carbocycles. The average Bonchev–Trinajstić information content (AvgIpc) is 2.86. The van der Waals surface area contributed by atoms with Crippen LogP contribution < -0.4 is 0 Å². The molecule has 0 aliphatic heterocycles. The number of hydrogen-bond donors (Lipinski definition) is 1. The molecule has 0 bridgehead atoms. The summed E-state index contributed by atoms with van der Waals surface area (Å²) in [6.07, 6.45) is 1.50. The van der Waals surface area contributed by atoms with E-state index < -0.39 is 21.8 Å². The van der Waals surface area contributed by atoms with Crippen molar-refractivity contribution in [1.82, 2.24) is 3.97 Å². The summed E-state index contributed by atoms with van der Waals surface area (Å²) >= 11 is 1.49. The van der Waals surface area contributed by atoms with Crippen molar-refractivity contribution in [3.63, 3.8) is 0 Å². The van der Waals surface area contributed by atoms with Crippen LogP contribution in [0.1, 0.15) is 11.3 Å². The molecule has 1 heterocycles. The summed E-state index contributed by atoms with van der Waals surface area (Å²) in [7, 11) is -3.96. The lowest BCUT2D eigenvalue weighted by Gasteiger charge is -2.11. The molecule has 0 amide bonds. The molecule has 0 fully saturated rings. The van der Waals surface area contributed by atoms with E-state index in [1.807, 2.05) is 6.26 Å². The number of nitrogens with zero attached hydrogens (tertiary/aromatic N) is 1. The van der Waals surface area contributed by atoms with Crippen molar-refractivity contribution in [3.05, 3.63) is 59.5 Å². The van der Waals surface area contributed by atoms with Crippen LogP contribution in [0.3, 0.4) is 0 Å². The first-order valence-corrected chi connectivity index (χ1v) is 10.3. The Labute approximate surface area is 154 Å². The normalized spacial score (nSPS) is 11.8. The summed E-state index contributed by atoms with van der Waals surface area (Å²) < 4.78 is 41.1. The predicted octanol–water partition coefficient (Wildman–Crippen LogP) is 3.67. The fraction of sp³-hybridized carbons (Fsp3) is 0.167. The summed E-state index contributed by atoms with van der Waals surface area (Å²) in [6, 6.07) is 10.1. The Hall–Kier alpha value is -2.32. The van der Waals surface area contributed by atoms with Gasteiger partial charge in [-0.05, 0) is 61.2 Å². The SMILES string of the molecule is CSc1ccc(S(=O)(=O)n2c(C)c(CC(=O)O)c3cc(F)ccc32)cc1. The van der Waals surface area contributed by atoms with Crippen molar-refractivity contribution in [2.24, 2.45) is 0 Å². The number of thioether (sulfide) groups is 1. The van der Waals surface area contributed by atoms with Crippen molar-refractivity contribution < 1.29 is 22.7 Å². The number of hydrogen-bond acceptors (Lipinski definition) is 4. The fourth-order valence-electron chi connectivity index (χ4n) is 2.96. The van der Waals surface area contributed by atoms with Gasteiger partial charge in [0, 0.05) is 16.0 Å². The number of halogens is 1. The van der Waals surface area contributed by atoms with Gasteiger partial charge in [0.15, 0.2) is 0 Å². The highest BCUT2D eigenvalue weighted by molar-refractivity contribution is 7.98. The smallest absolute Gasteiger partial charge is 0.307 e. The van der Waals surface area contributed by atoms with Crippen LogP contribution in [0.5, 0.6) is 0 Å². The van der Waals surface area contributed by atoms with E-state index in [1.165, 1.54) is 43.0 Å². The molecule has 26 heavy (non-hydrogen) atoms. The molecule has 0 spiro atoms. The summed E-state index contributed by atoms with van der Waals surface area (Å²) in [6.45, 7) is 1.53. The molecule has 136 valence electrons. The molecule has 8 heteroatoms. The second kappa shape index (κ2) is 6.77. The topological polar surface area (TPSA) is 76.4 Å². The third-order valence-corrected chi connectivity index (χ3v) is 6.73. The first-order chi connectivity index (χ1) is 12.3. The molecule has 0 atom stereocenters. The van der Waals surface area contributed by atoms with Gasteiger partial charge in [-0.1, -0.05) is 0 Å². The number of carboxylic acid groups (broad SMARTS) is 1. The van der Waals surface area contributed by atoms with E-state index in [1.54, 1.807) is 12.1 Å². The first kappa shape index (κ1) is 18.5. The van der Waals surface area contributed by atoms with E-state index in [4.69, 9.17) is 5.11 Å². The Morgan fingerprint density at radius 1 is 1.19 bits per heavy atom. The van der Waals surface area contributed by atoms with E-state index in [-0.39, 0.29) is 33.5 Å². The van der Waals surface area contributed by atoms with Gasteiger partial charge < -0.3 is 5.11 Å². The molecular formula is C18H16FNO4S2. The second-order valence-corrected chi connectivity index (χ2v) is 8.41. The zero-order valence-electron chi connectivity index (χ0n) is 14.1. The lowest BCUT2D eigenvalue weighted by molar-refractivity contribution is -0.136. The van der Waals surface area contributed by atoms with Crippen LogP contribution in [-0.2, 0) is 21.2 Å². The van der Waals surface area contributed by atoms with E-state index in [9.17, 15) is 17.6 Å². The maximum absolute atomic E-state index is 13.7. The highest BCUT2D eigenvalue weighted by Gasteiger charge is 2.26. The maximum atomic E-state index is 13.7. The van der Waals surface area contributed by atoms with Gasteiger partial charge >= 0.3 is 5.97 Å². The number of rotatable bonds is 5. The molecule has 0 radical (unpaired) electrons. The number of benzene rings is 2. The molecule has 5 nitrogen and oxygen atoms in total. The van der Waals surface area contributed by atoms with Gasteiger partial charge in [-0.25, -0.2) is 16.8 Å². The molecule has 0 aliphatic carbocycles. The summed E-state index contributed by atoms with van der Waals surface area (Å²) in [5.41, 5.74) is 0.812. The minimum Gasteiger partial charge on any atom is -0.481 e. The number of aromatic nitrogens is 1. The van der Waals surface area contributed by atoms with E-state index >= 15 is 0 Å². The third-order valence-electron chi connectivity index (χ3n) is 4.17. The van der Waals surface area contributed by atoms with Crippen molar-refractivity contribution in [1.29, 1.82) is 0 Å². The van der Waals surface area contributed by atoms with Crippen molar-refractivity contribution in [3.8, 4) is 0 Å². The monoisotopic (exact) mass is 393 g/mol. The van der Waals surface area contributed by atoms with Gasteiger partial charge in [0.25, 0.3) is 10.0 Å². The van der Waals surface area contributed by atoms with Gasteiger partial charge in [0.2, 0.25) is 0 Å². The quantitative estimate of drug-likeness (QED) is 0.669. The molecule has 0 saturated carbocycles. The largest absolute Gasteiger partial charge is 0.481 e. The molecule has 3 rings (SSSR count). The number of carbonyl (C=O) groups is 1. The molecule has 0 aliphatic rings. The lowest BCUT2D eigenvalue weighted by Crippen LogP contribution is -2.15. The third kappa shape index (κ3) is 3.10. The predicted molar refractivity (Wildman–Crippen MR) is 98.8 cm³/mol. The first-order valence-electron chi connectivity index (χ1n) is 7.66. The van der Waals surface area contributed by atoms with Crippen LogP contribution >= 0.6 is 11.8 Å². The zero-order chi connectivity index (χ0) is 19.1. The van der Waals surface area contributed by atoms with Gasteiger partial charge in [-0.15, -0.1) is 11.8 Å². The minimum absolute atomic E-state index is 0.0847. The van der Waals surface area contributed by atoms with Crippen molar-refractivity contribution in [2.45, 2.75) is 23.1 Å². The van der Waals surface area contributed by atoms with Crippen LogP contribution in [0.2, 0.25) is 0 Å². The maximum Gasteiger partial charge on any atom is 0.307 e. The Bertz CT molecular complexity index is 1100. The van der Waals surface area contributed by atoms with Gasteiger partial charge in [0.05, 0.1) is 16.8 Å². The highest BCUT2D eigenvalue weighted by Crippen LogP contribution is 2.31. The van der Waals surface area contributed by atoms with Crippen LogP contribution in [0.25, 0.3) is 10.9 Å². The molecule has 1 aromatic heterocycles. The zero-order valence-corrected chi connectivity index (χ0v) is 15.7. The van der Waals surface area contributed by atoms with Crippen LogP contribution in [0, 0.1) is 12.7 Å². The summed E-state index contributed by atoms with van der Waals surface area (Å²) in [5.74, 6) is -1.67. The molecule has 3 aromatic rings. The lowest BCUT2D eigenvalue weighted by atomic mass is 10.1. The van der Waals surface area contributed by atoms with Gasteiger partial charge in [0.1, 0.15) is 5.82 Å². The highest BCUT2D eigenvalue weighted by atomic mass is 32.2. The van der Waals surface area contributed by atoms with Gasteiger partial charge in [-0.3, -0.25) is 4.79 Å². The van der Waals surface area contributed by atoms with Crippen molar-refractivity contribution >= 4 is 38.7 Å². The molecule has 1 N–H and O–H groups in total. The molecule has 0 unspecified atom stereocenters. The Kier molecular flexibility index (Phi) is 4.81. The summed E-state index contributed by atoms with van der Waals surface area (Å²) in [4.78, 5) is 12.2. The minimum atomic E-state index is -3.96. The Morgan fingerprint density at radius 2 is 1.85 bits per heavy atom. The average molecular weight is 393 g/mol. The number of aliphatic carboxylic acids is 1. The second-order valence-electron chi connectivity index (χ2n) is 5.74. The van der Waals surface area contributed by atoms with Crippen LogP contribution in [-0.4, -0.2) is 29.7 Å². The van der Waals surface area contributed by atoms with Crippen LogP contribution in [0.15, 0.2) is 52.3 Å². The van der Waals surface area contributed by atoms with E-state index in [0.29, 0.717) is 0 Å². The number of carboxylic acids is 1. The standard InChI is InChI=1S/C18H16FNO4S2/c1-11-15(10-18(21)22)16-9-12(19)3-8-17(16)20(11)26(23,24)14-6-4-13(25-2)5-7-14/h3-9H,10H2,1-2H3,(H,21,22). The van der Waals surface area contributed by atoms with Gasteiger partial charge in [-0.2, -0.15) is 0 Å².